The number of carbonyl (C=O) groups excluding carboxylic acids is 1. The standard InChI is InChI=1S/C17H29N5O4S/c1-13-11-18-5-8-22(13)16(23)12-20-6-4-7-21(10-9-20)27(24,25)17-14(2)19-26-15(17)3/h13,18H,4-12H2,1-3H3. The van der Waals surface area contributed by atoms with Crippen molar-refractivity contribution < 1.29 is 17.7 Å². The number of aromatic nitrogens is 1. The lowest BCUT2D eigenvalue weighted by Gasteiger charge is -2.35. The van der Waals surface area contributed by atoms with E-state index in [4.69, 9.17) is 4.52 Å². The van der Waals surface area contributed by atoms with Crippen LogP contribution >= 0.6 is 0 Å². The maximum Gasteiger partial charge on any atom is 0.248 e. The second-order valence-electron chi connectivity index (χ2n) is 7.33. The van der Waals surface area contributed by atoms with E-state index in [9.17, 15) is 13.2 Å². The van der Waals surface area contributed by atoms with Crippen molar-refractivity contribution in [3.63, 3.8) is 0 Å². The fourth-order valence-corrected chi connectivity index (χ4v) is 5.57. The van der Waals surface area contributed by atoms with Gasteiger partial charge in [0.05, 0.1) is 6.54 Å². The van der Waals surface area contributed by atoms with Gasteiger partial charge in [-0.15, -0.1) is 0 Å². The molecule has 0 aliphatic carbocycles. The summed E-state index contributed by atoms with van der Waals surface area (Å²) in [5, 5.41) is 7.05. The summed E-state index contributed by atoms with van der Waals surface area (Å²) in [6.45, 7) is 10.0. The summed E-state index contributed by atoms with van der Waals surface area (Å²) in [6, 6.07) is 0.189. The Hall–Kier alpha value is -1.49. The molecule has 2 aliphatic rings. The first-order valence-corrected chi connectivity index (χ1v) is 10.9. The predicted molar refractivity (Wildman–Crippen MR) is 99.8 cm³/mol. The number of piperazine rings is 1. The molecule has 0 radical (unpaired) electrons. The fourth-order valence-electron chi connectivity index (χ4n) is 3.81. The molecule has 1 N–H and O–H groups in total. The summed E-state index contributed by atoms with van der Waals surface area (Å²) in [6.07, 6.45) is 0.687. The van der Waals surface area contributed by atoms with Gasteiger partial charge in [0.1, 0.15) is 10.6 Å². The molecule has 0 saturated carbocycles. The van der Waals surface area contributed by atoms with Gasteiger partial charge < -0.3 is 14.7 Å². The molecule has 0 spiro atoms. The number of amides is 1. The van der Waals surface area contributed by atoms with Crippen LogP contribution in [0.3, 0.4) is 0 Å². The van der Waals surface area contributed by atoms with Gasteiger partial charge in [-0.05, 0) is 33.7 Å². The van der Waals surface area contributed by atoms with Crippen LogP contribution in [-0.4, -0.2) is 92.0 Å². The van der Waals surface area contributed by atoms with Gasteiger partial charge >= 0.3 is 0 Å². The molecule has 9 nitrogen and oxygen atoms in total. The Bertz CT molecular complexity index is 759. The van der Waals surface area contributed by atoms with Crippen molar-refractivity contribution in [1.82, 2.24) is 24.6 Å². The maximum atomic E-state index is 13.0. The van der Waals surface area contributed by atoms with Gasteiger partial charge in [-0.25, -0.2) is 8.42 Å². The molecule has 2 saturated heterocycles. The Morgan fingerprint density at radius 3 is 2.67 bits per heavy atom. The lowest BCUT2D eigenvalue weighted by molar-refractivity contribution is -0.135. The van der Waals surface area contributed by atoms with E-state index in [0.29, 0.717) is 50.6 Å². The number of rotatable bonds is 4. The normalized spacial score (nSPS) is 23.4. The molecule has 1 amide bonds. The minimum Gasteiger partial charge on any atom is -0.360 e. The summed E-state index contributed by atoms with van der Waals surface area (Å²) in [5.41, 5.74) is 0.386. The van der Waals surface area contributed by atoms with Crippen LogP contribution in [0.1, 0.15) is 24.8 Å². The van der Waals surface area contributed by atoms with Crippen molar-refractivity contribution >= 4 is 15.9 Å². The van der Waals surface area contributed by atoms with E-state index < -0.39 is 10.0 Å². The van der Waals surface area contributed by atoms with Crippen molar-refractivity contribution in [2.24, 2.45) is 0 Å². The monoisotopic (exact) mass is 399 g/mol. The minimum absolute atomic E-state index is 0.117. The number of hydrogen-bond acceptors (Lipinski definition) is 7. The third kappa shape index (κ3) is 4.34. The molecule has 10 heteroatoms. The molecule has 0 aromatic carbocycles. The molecule has 1 atom stereocenters. The second kappa shape index (κ2) is 8.26. The van der Waals surface area contributed by atoms with Gasteiger partial charge in [0, 0.05) is 45.3 Å². The average Bonchev–Trinajstić information content (AvgIpc) is 2.82. The Morgan fingerprint density at radius 1 is 1.22 bits per heavy atom. The number of aryl methyl sites for hydroxylation is 2. The largest absolute Gasteiger partial charge is 0.360 e. The topological polar surface area (TPSA) is 99.0 Å². The third-order valence-electron chi connectivity index (χ3n) is 5.29. The minimum atomic E-state index is -3.64. The zero-order chi connectivity index (χ0) is 19.6. The Labute approximate surface area is 160 Å². The molecule has 1 aromatic rings. The fraction of sp³-hybridized carbons (Fsp3) is 0.765. The quantitative estimate of drug-likeness (QED) is 0.749. The van der Waals surface area contributed by atoms with Crippen LogP contribution in [0.2, 0.25) is 0 Å². The van der Waals surface area contributed by atoms with Crippen molar-refractivity contribution in [2.45, 2.75) is 38.1 Å². The van der Waals surface area contributed by atoms with Gasteiger partial charge in [-0.3, -0.25) is 9.69 Å². The van der Waals surface area contributed by atoms with Crippen LogP contribution in [0, 0.1) is 13.8 Å². The molecule has 1 unspecified atom stereocenters. The van der Waals surface area contributed by atoms with E-state index in [1.165, 1.54) is 4.31 Å². The molecular formula is C17H29N5O4S. The van der Waals surface area contributed by atoms with Crippen molar-refractivity contribution in [2.75, 3.05) is 52.4 Å². The highest BCUT2D eigenvalue weighted by Crippen LogP contribution is 2.24. The van der Waals surface area contributed by atoms with Crippen LogP contribution in [-0.2, 0) is 14.8 Å². The Morgan fingerprint density at radius 2 is 2.00 bits per heavy atom. The first-order valence-electron chi connectivity index (χ1n) is 9.46. The number of hydrogen-bond donors (Lipinski definition) is 1. The zero-order valence-corrected chi connectivity index (χ0v) is 17.1. The third-order valence-corrected chi connectivity index (χ3v) is 7.44. The predicted octanol–water partition coefficient (Wildman–Crippen LogP) is -0.192. The van der Waals surface area contributed by atoms with Crippen molar-refractivity contribution in [3.05, 3.63) is 11.5 Å². The summed E-state index contributed by atoms with van der Waals surface area (Å²) < 4.78 is 32.5. The average molecular weight is 400 g/mol. The van der Waals surface area contributed by atoms with E-state index in [2.05, 4.69) is 15.4 Å². The van der Waals surface area contributed by atoms with Crippen LogP contribution in [0.4, 0.5) is 0 Å². The SMILES string of the molecule is Cc1noc(C)c1S(=O)(=O)N1CCCN(CC(=O)N2CCNCC2C)CC1. The van der Waals surface area contributed by atoms with Crippen molar-refractivity contribution in [1.29, 1.82) is 0 Å². The highest BCUT2D eigenvalue weighted by Gasteiger charge is 2.33. The Kier molecular flexibility index (Phi) is 6.19. The van der Waals surface area contributed by atoms with E-state index in [0.717, 1.165) is 19.6 Å². The van der Waals surface area contributed by atoms with E-state index in [-0.39, 0.29) is 16.8 Å². The number of carbonyl (C=O) groups is 1. The molecule has 2 aliphatic heterocycles. The van der Waals surface area contributed by atoms with Crippen molar-refractivity contribution in [3.8, 4) is 0 Å². The molecule has 3 rings (SSSR count). The van der Waals surface area contributed by atoms with E-state index in [1.54, 1.807) is 13.8 Å². The zero-order valence-electron chi connectivity index (χ0n) is 16.3. The first kappa shape index (κ1) is 20.2. The summed E-state index contributed by atoms with van der Waals surface area (Å²) >= 11 is 0. The summed E-state index contributed by atoms with van der Waals surface area (Å²) in [7, 11) is -3.64. The van der Waals surface area contributed by atoms with Gasteiger partial charge in [-0.2, -0.15) is 4.31 Å². The number of nitrogens with one attached hydrogen (secondary N) is 1. The van der Waals surface area contributed by atoms with Crippen LogP contribution < -0.4 is 5.32 Å². The maximum absolute atomic E-state index is 13.0. The van der Waals surface area contributed by atoms with Gasteiger partial charge in [0.25, 0.3) is 0 Å². The highest BCUT2D eigenvalue weighted by molar-refractivity contribution is 7.89. The highest BCUT2D eigenvalue weighted by atomic mass is 32.2. The molecule has 2 fully saturated rings. The number of nitrogens with zero attached hydrogens (tertiary/aromatic N) is 4. The molecule has 1 aromatic heterocycles. The molecular weight excluding hydrogens is 370 g/mol. The van der Waals surface area contributed by atoms with E-state index >= 15 is 0 Å². The molecule has 27 heavy (non-hydrogen) atoms. The summed E-state index contributed by atoms with van der Waals surface area (Å²) in [4.78, 5) is 16.8. The molecule has 3 heterocycles. The second-order valence-corrected chi connectivity index (χ2v) is 9.20. The van der Waals surface area contributed by atoms with Crippen LogP contribution in [0.25, 0.3) is 0 Å². The van der Waals surface area contributed by atoms with Crippen LogP contribution in [0.5, 0.6) is 0 Å². The van der Waals surface area contributed by atoms with Gasteiger partial charge in [0.2, 0.25) is 15.9 Å². The number of sulfonamides is 1. The van der Waals surface area contributed by atoms with Gasteiger partial charge in [0.15, 0.2) is 5.76 Å². The van der Waals surface area contributed by atoms with E-state index in [1.807, 2.05) is 11.8 Å². The smallest absolute Gasteiger partial charge is 0.248 e. The summed E-state index contributed by atoms with van der Waals surface area (Å²) in [5.74, 6) is 0.433. The van der Waals surface area contributed by atoms with Crippen LogP contribution in [0.15, 0.2) is 9.42 Å². The lowest BCUT2D eigenvalue weighted by atomic mass is 10.2. The first-order chi connectivity index (χ1) is 12.8. The lowest BCUT2D eigenvalue weighted by Crippen LogP contribution is -2.54. The Balaban J connectivity index is 1.63. The molecule has 0 bridgehead atoms. The molecule has 152 valence electrons. The van der Waals surface area contributed by atoms with Gasteiger partial charge in [-0.1, -0.05) is 5.16 Å².